The first-order chi connectivity index (χ1) is 8.83. The van der Waals surface area contributed by atoms with Crippen molar-refractivity contribution in [3.8, 4) is 0 Å². The number of benzene rings is 1. The van der Waals surface area contributed by atoms with Crippen LogP contribution in [-0.2, 0) is 13.0 Å². The molecule has 2 nitrogen and oxygen atoms in total. The summed E-state index contributed by atoms with van der Waals surface area (Å²) in [5, 5.41) is 1.28. The lowest BCUT2D eigenvalue weighted by molar-refractivity contribution is 0.710. The normalized spacial score (nSPS) is 10.9. The van der Waals surface area contributed by atoms with E-state index >= 15 is 0 Å². The molecule has 0 fully saturated rings. The lowest BCUT2D eigenvalue weighted by Gasteiger charge is -2.05. The Morgan fingerprint density at radius 2 is 2.06 bits per heavy atom. The molecule has 90 valence electrons. The first-order valence-corrected chi connectivity index (χ1v) is 6.76. The van der Waals surface area contributed by atoms with E-state index < -0.39 is 0 Å². The largest absolute Gasteiger partial charge is 0.347 e. The summed E-state index contributed by atoms with van der Waals surface area (Å²) in [5.74, 6) is 0. The maximum atomic E-state index is 4.35. The first kappa shape index (κ1) is 11.5. The molecule has 1 aromatic carbocycles. The molecule has 3 aromatic rings. The Hall–Kier alpha value is -1.61. The second-order valence-corrected chi connectivity index (χ2v) is 5.20. The number of pyridine rings is 1. The zero-order valence-electron chi connectivity index (χ0n) is 9.88. The van der Waals surface area contributed by atoms with Crippen molar-refractivity contribution in [1.82, 2.24) is 9.55 Å². The van der Waals surface area contributed by atoms with Crippen LogP contribution in [0.4, 0.5) is 0 Å². The topological polar surface area (TPSA) is 17.8 Å². The van der Waals surface area contributed by atoms with Gasteiger partial charge in [0.05, 0.1) is 0 Å². The van der Waals surface area contributed by atoms with Crippen LogP contribution in [0.1, 0.15) is 5.69 Å². The van der Waals surface area contributed by atoms with E-state index in [0.717, 1.165) is 23.1 Å². The van der Waals surface area contributed by atoms with Gasteiger partial charge in [-0.05, 0) is 35.7 Å². The quantitative estimate of drug-likeness (QED) is 0.714. The molecule has 2 aromatic heterocycles. The summed E-state index contributed by atoms with van der Waals surface area (Å²) in [6, 6.07) is 14.6. The SMILES string of the molecule is Brc1ccc2ccn(CCc3ccccn3)c2c1. The summed E-state index contributed by atoms with van der Waals surface area (Å²) < 4.78 is 3.39. The van der Waals surface area contributed by atoms with E-state index in [1.807, 2.05) is 18.3 Å². The van der Waals surface area contributed by atoms with Crippen LogP contribution >= 0.6 is 15.9 Å². The third-order valence-corrected chi connectivity index (χ3v) is 3.56. The van der Waals surface area contributed by atoms with Crippen molar-refractivity contribution in [2.45, 2.75) is 13.0 Å². The Balaban J connectivity index is 1.85. The van der Waals surface area contributed by atoms with Crippen LogP contribution in [0.2, 0.25) is 0 Å². The molecule has 3 heteroatoms. The highest BCUT2D eigenvalue weighted by molar-refractivity contribution is 9.10. The molecule has 0 amide bonds. The van der Waals surface area contributed by atoms with E-state index in [9.17, 15) is 0 Å². The van der Waals surface area contributed by atoms with Gasteiger partial charge in [-0.3, -0.25) is 4.98 Å². The minimum absolute atomic E-state index is 0.955. The van der Waals surface area contributed by atoms with Gasteiger partial charge in [-0.2, -0.15) is 0 Å². The van der Waals surface area contributed by atoms with Crippen molar-refractivity contribution < 1.29 is 0 Å². The van der Waals surface area contributed by atoms with Gasteiger partial charge in [0.15, 0.2) is 0 Å². The zero-order chi connectivity index (χ0) is 12.4. The van der Waals surface area contributed by atoms with E-state index in [2.05, 4.69) is 62.0 Å². The van der Waals surface area contributed by atoms with Gasteiger partial charge in [-0.15, -0.1) is 0 Å². The molecule has 18 heavy (non-hydrogen) atoms. The first-order valence-electron chi connectivity index (χ1n) is 5.97. The second-order valence-electron chi connectivity index (χ2n) is 4.28. The maximum absolute atomic E-state index is 4.35. The fraction of sp³-hybridized carbons (Fsp3) is 0.133. The van der Waals surface area contributed by atoms with Crippen molar-refractivity contribution in [2.24, 2.45) is 0 Å². The molecule has 0 bridgehead atoms. The monoisotopic (exact) mass is 300 g/mol. The smallest absolute Gasteiger partial charge is 0.0491 e. The minimum atomic E-state index is 0.955. The molecule has 0 aliphatic rings. The van der Waals surface area contributed by atoms with Crippen LogP contribution in [0.15, 0.2) is 59.3 Å². The predicted octanol–water partition coefficient (Wildman–Crippen LogP) is 4.04. The van der Waals surface area contributed by atoms with Gasteiger partial charge in [0.25, 0.3) is 0 Å². The van der Waals surface area contributed by atoms with Crippen molar-refractivity contribution >= 4 is 26.8 Å². The number of halogens is 1. The standard InChI is InChI=1S/C15H13BrN2/c16-13-5-4-12-6-9-18(15(12)11-13)10-7-14-3-1-2-8-17-14/h1-6,8-9,11H,7,10H2. The molecule has 3 rings (SSSR count). The number of fused-ring (bicyclic) bond motifs is 1. The van der Waals surface area contributed by atoms with Gasteiger partial charge >= 0.3 is 0 Å². The average molecular weight is 301 g/mol. The summed E-state index contributed by atoms with van der Waals surface area (Å²) in [6.45, 7) is 0.955. The fourth-order valence-corrected chi connectivity index (χ4v) is 2.48. The van der Waals surface area contributed by atoms with Crippen molar-refractivity contribution in [3.63, 3.8) is 0 Å². The molecule has 0 atom stereocenters. The number of aromatic nitrogens is 2. The van der Waals surface area contributed by atoms with Crippen LogP contribution < -0.4 is 0 Å². The van der Waals surface area contributed by atoms with Gasteiger partial charge in [0, 0.05) is 41.0 Å². The van der Waals surface area contributed by atoms with Gasteiger partial charge in [-0.1, -0.05) is 28.1 Å². The van der Waals surface area contributed by atoms with E-state index in [-0.39, 0.29) is 0 Å². The number of hydrogen-bond donors (Lipinski definition) is 0. The second kappa shape index (κ2) is 4.94. The molecule has 0 aliphatic carbocycles. The Kier molecular flexibility index (Phi) is 3.15. The van der Waals surface area contributed by atoms with E-state index in [0.29, 0.717) is 0 Å². The average Bonchev–Trinajstić information content (AvgIpc) is 2.80. The molecule has 0 N–H and O–H groups in total. The van der Waals surface area contributed by atoms with Crippen LogP contribution in [0.5, 0.6) is 0 Å². The fourth-order valence-electron chi connectivity index (χ4n) is 2.13. The molecular weight excluding hydrogens is 288 g/mol. The van der Waals surface area contributed by atoms with Gasteiger partial charge in [0.1, 0.15) is 0 Å². The number of hydrogen-bond acceptors (Lipinski definition) is 1. The summed E-state index contributed by atoms with van der Waals surface area (Å²) in [5.41, 5.74) is 2.40. The molecule has 0 radical (unpaired) electrons. The number of rotatable bonds is 3. The third-order valence-electron chi connectivity index (χ3n) is 3.07. The van der Waals surface area contributed by atoms with E-state index in [4.69, 9.17) is 0 Å². The van der Waals surface area contributed by atoms with Crippen LogP contribution in [0, 0.1) is 0 Å². The predicted molar refractivity (Wildman–Crippen MR) is 77.6 cm³/mol. The highest BCUT2D eigenvalue weighted by Gasteiger charge is 2.02. The summed E-state index contributed by atoms with van der Waals surface area (Å²) in [6.07, 6.45) is 4.94. The summed E-state index contributed by atoms with van der Waals surface area (Å²) in [4.78, 5) is 4.35. The van der Waals surface area contributed by atoms with Crippen LogP contribution in [0.3, 0.4) is 0 Å². The maximum Gasteiger partial charge on any atom is 0.0491 e. The number of nitrogens with zero attached hydrogens (tertiary/aromatic N) is 2. The summed E-state index contributed by atoms with van der Waals surface area (Å²) in [7, 11) is 0. The summed E-state index contributed by atoms with van der Waals surface area (Å²) >= 11 is 3.52. The third kappa shape index (κ3) is 2.31. The van der Waals surface area contributed by atoms with E-state index in [1.165, 1.54) is 10.9 Å². The van der Waals surface area contributed by atoms with Crippen molar-refractivity contribution in [3.05, 3.63) is 65.0 Å². The Labute approximate surface area is 114 Å². The molecule has 0 aliphatic heterocycles. The number of aryl methyl sites for hydroxylation is 2. The molecule has 0 saturated heterocycles. The van der Waals surface area contributed by atoms with Gasteiger partial charge in [-0.25, -0.2) is 0 Å². The molecular formula is C15H13BrN2. The molecule has 0 saturated carbocycles. The van der Waals surface area contributed by atoms with Crippen LogP contribution in [-0.4, -0.2) is 9.55 Å². The lowest BCUT2D eigenvalue weighted by atomic mass is 10.2. The van der Waals surface area contributed by atoms with E-state index in [1.54, 1.807) is 0 Å². The zero-order valence-corrected chi connectivity index (χ0v) is 11.5. The highest BCUT2D eigenvalue weighted by atomic mass is 79.9. The molecule has 2 heterocycles. The lowest BCUT2D eigenvalue weighted by Crippen LogP contribution is -2.00. The van der Waals surface area contributed by atoms with Gasteiger partial charge < -0.3 is 4.57 Å². The molecule has 0 unspecified atom stereocenters. The Morgan fingerprint density at radius 1 is 1.11 bits per heavy atom. The Morgan fingerprint density at radius 3 is 2.89 bits per heavy atom. The van der Waals surface area contributed by atoms with Gasteiger partial charge in [0.2, 0.25) is 0 Å². The molecule has 0 spiro atoms. The Bertz CT molecular complexity index is 659. The van der Waals surface area contributed by atoms with Crippen LogP contribution in [0.25, 0.3) is 10.9 Å². The van der Waals surface area contributed by atoms with Crippen molar-refractivity contribution in [2.75, 3.05) is 0 Å². The van der Waals surface area contributed by atoms with Crippen molar-refractivity contribution in [1.29, 1.82) is 0 Å². The minimum Gasteiger partial charge on any atom is -0.347 e. The highest BCUT2D eigenvalue weighted by Crippen LogP contribution is 2.21.